The van der Waals surface area contributed by atoms with Gasteiger partial charge in [-0.2, -0.15) is 0 Å². The van der Waals surface area contributed by atoms with Gasteiger partial charge in [-0.05, 0) is 44.4 Å². The summed E-state index contributed by atoms with van der Waals surface area (Å²) in [4.78, 5) is 32.6. The van der Waals surface area contributed by atoms with E-state index in [0.717, 1.165) is 11.3 Å². The van der Waals surface area contributed by atoms with E-state index < -0.39 is 0 Å². The van der Waals surface area contributed by atoms with Crippen LogP contribution in [0.2, 0.25) is 0 Å². The third-order valence-corrected chi connectivity index (χ3v) is 5.27. The van der Waals surface area contributed by atoms with Gasteiger partial charge in [-0.3, -0.25) is 9.59 Å². The van der Waals surface area contributed by atoms with Crippen LogP contribution in [-0.4, -0.2) is 29.0 Å². The Bertz CT molecular complexity index is 1010. The van der Waals surface area contributed by atoms with E-state index >= 15 is 0 Å². The molecule has 26 heavy (non-hydrogen) atoms. The van der Waals surface area contributed by atoms with Crippen LogP contribution in [0, 0.1) is 20.8 Å². The van der Waals surface area contributed by atoms with Gasteiger partial charge in [-0.1, -0.05) is 18.2 Å². The van der Waals surface area contributed by atoms with Gasteiger partial charge in [0, 0.05) is 6.54 Å². The molecule has 0 spiro atoms. The first-order chi connectivity index (χ1) is 12.5. The number of carbonyl (C=O) groups is 1. The Morgan fingerprint density at radius 3 is 2.81 bits per heavy atom. The van der Waals surface area contributed by atoms with E-state index in [1.165, 1.54) is 11.3 Å². The van der Waals surface area contributed by atoms with Gasteiger partial charge in [0.05, 0.1) is 16.9 Å². The van der Waals surface area contributed by atoms with Gasteiger partial charge in [0.25, 0.3) is 11.5 Å². The second-order valence-corrected chi connectivity index (χ2v) is 7.11. The number of thiophene rings is 1. The number of H-pyrrole nitrogens is 1. The number of carbonyl (C=O) groups excluding carboxylic acids is 1. The third-order valence-electron chi connectivity index (χ3n) is 4.08. The molecule has 1 amide bonds. The molecule has 0 saturated carbocycles. The van der Waals surface area contributed by atoms with E-state index in [2.05, 4.69) is 15.3 Å². The summed E-state index contributed by atoms with van der Waals surface area (Å²) in [6.45, 7) is 6.53. The molecular formula is C19H21N3O3S. The zero-order valence-corrected chi connectivity index (χ0v) is 15.8. The molecule has 0 atom stereocenters. The van der Waals surface area contributed by atoms with Gasteiger partial charge >= 0.3 is 0 Å². The van der Waals surface area contributed by atoms with Crippen molar-refractivity contribution < 1.29 is 9.53 Å². The van der Waals surface area contributed by atoms with Gasteiger partial charge in [-0.25, -0.2) is 4.98 Å². The lowest BCUT2D eigenvalue weighted by molar-refractivity contribution is 0.0955. The van der Waals surface area contributed by atoms with E-state index in [9.17, 15) is 9.59 Å². The van der Waals surface area contributed by atoms with Crippen molar-refractivity contribution in [1.29, 1.82) is 0 Å². The predicted octanol–water partition coefficient (Wildman–Crippen LogP) is 3.11. The van der Waals surface area contributed by atoms with Crippen LogP contribution in [0.4, 0.5) is 0 Å². The number of para-hydroxylation sites is 1. The van der Waals surface area contributed by atoms with E-state index in [4.69, 9.17) is 4.74 Å². The van der Waals surface area contributed by atoms with E-state index in [1.54, 1.807) is 13.8 Å². The number of rotatable bonds is 6. The monoisotopic (exact) mass is 371 g/mol. The summed E-state index contributed by atoms with van der Waals surface area (Å²) in [5, 5.41) is 3.38. The van der Waals surface area contributed by atoms with Crippen LogP contribution in [0.3, 0.4) is 0 Å². The van der Waals surface area contributed by atoms with Gasteiger partial charge in [0.1, 0.15) is 16.4 Å². The molecule has 1 aromatic carbocycles. The van der Waals surface area contributed by atoms with Crippen molar-refractivity contribution in [3.05, 3.63) is 56.4 Å². The molecule has 0 unspecified atom stereocenters. The van der Waals surface area contributed by atoms with Crippen LogP contribution < -0.4 is 15.6 Å². The van der Waals surface area contributed by atoms with E-state index in [0.29, 0.717) is 46.1 Å². The highest BCUT2D eigenvalue weighted by Crippen LogP contribution is 2.26. The Labute approximate surface area is 155 Å². The van der Waals surface area contributed by atoms with Crippen LogP contribution in [0.1, 0.15) is 33.0 Å². The Morgan fingerprint density at radius 1 is 1.27 bits per heavy atom. The first kappa shape index (κ1) is 18.1. The number of fused-ring (bicyclic) bond motifs is 1. The van der Waals surface area contributed by atoms with Crippen molar-refractivity contribution in [2.75, 3.05) is 13.2 Å². The lowest BCUT2D eigenvalue weighted by Crippen LogP contribution is -2.25. The number of amides is 1. The molecular weight excluding hydrogens is 350 g/mol. The van der Waals surface area contributed by atoms with Crippen molar-refractivity contribution in [3.63, 3.8) is 0 Å². The van der Waals surface area contributed by atoms with Gasteiger partial charge in [0.15, 0.2) is 0 Å². The molecule has 6 nitrogen and oxygen atoms in total. The Kier molecular flexibility index (Phi) is 5.37. The molecule has 2 aromatic heterocycles. The smallest absolute Gasteiger partial charge is 0.261 e. The zero-order valence-electron chi connectivity index (χ0n) is 15.0. The third kappa shape index (κ3) is 3.77. The first-order valence-electron chi connectivity index (χ1n) is 8.44. The van der Waals surface area contributed by atoms with Gasteiger partial charge in [0.2, 0.25) is 0 Å². The number of benzene rings is 1. The molecule has 0 aliphatic heterocycles. The fourth-order valence-corrected chi connectivity index (χ4v) is 3.87. The number of hydrogen-bond donors (Lipinski definition) is 2. The normalized spacial score (nSPS) is 10.9. The summed E-state index contributed by atoms with van der Waals surface area (Å²) in [5.41, 5.74) is 1.56. The number of nitrogens with one attached hydrogen (secondary N) is 2. The predicted molar refractivity (Wildman–Crippen MR) is 103 cm³/mol. The summed E-state index contributed by atoms with van der Waals surface area (Å²) in [6.07, 6.45) is 0.696. The van der Waals surface area contributed by atoms with Crippen molar-refractivity contribution in [3.8, 4) is 5.75 Å². The average molecular weight is 371 g/mol. The quantitative estimate of drug-likeness (QED) is 0.652. The molecule has 0 aliphatic rings. The second kappa shape index (κ2) is 7.70. The number of aromatic nitrogens is 2. The fourth-order valence-electron chi connectivity index (χ4n) is 2.72. The molecule has 136 valence electrons. The summed E-state index contributed by atoms with van der Waals surface area (Å²) in [7, 11) is 0. The fraction of sp³-hybridized carbons (Fsp3) is 0.316. The van der Waals surface area contributed by atoms with Crippen LogP contribution in [-0.2, 0) is 0 Å². The lowest BCUT2D eigenvalue weighted by Gasteiger charge is -2.09. The van der Waals surface area contributed by atoms with Crippen LogP contribution in [0.5, 0.6) is 5.75 Å². The highest BCUT2D eigenvalue weighted by atomic mass is 32.1. The molecule has 3 rings (SSSR count). The molecule has 2 heterocycles. The maximum atomic E-state index is 12.4. The highest BCUT2D eigenvalue weighted by Gasteiger charge is 2.18. The summed E-state index contributed by atoms with van der Waals surface area (Å²) in [5.74, 6) is 1.22. The standard InChI is InChI=1S/C19H21N3O3S/c1-11-7-4-5-8-14(11)25-10-6-9-20-18(24)16-12(2)15-17(23)21-13(3)22-19(15)26-16/h4-5,7-8H,6,9-10H2,1-3H3,(H,20,24)(H,21,22,23). The maximum absolute atomic E-state index is 12.4. The van der Waals surface area contributed by atoms with Crippen LogP contribution in [0.25, 0.3) is 10.2 Å². The molecule has 2 N–H and O–H groups in total. The van der Waals surface area contributed by atoms with Crippen molar-refractivity contribution in [1.82, 2.24) is 15.3 Å². The Balaban J connectivity index is 1.58. The number of ether oxygens (including phenoxy) is 1. The minimum atomic E-state index is -0.202. The summed E-state index contributed by atoms with van der Waals surface area (Å²) >= 11 is 1.25. The molecule has 0 aliphatic carbocycles. The SMILES string of the molecule is Cc1nc2sc(C(=O)NCCCOc3ccccc3C)c(C)c2c(=O)[nH]1. The topological polar surface area (TPSA) is 84.1 Å². The van der Waals surface area contributed by atoms with Gasteiger partial charge < -0.3 is 15.0 Å². The van der Waals surface area contributed by atoms with Crippen LogP contribution >= 0.6 is 11.3 Å². The largest absolute Gasteiger partial charge is 0.493 e. The molecule has 7 heteroatoms. The molecule has 0 radical (unpaired) electrons. The van der Waals surface area contributed by atoms with E-state index in [1.807, 2.05) is 31.2 Å². The number of hydrogen-bond acceptors (Lipinski definition) is 5. The van der Waals surface area contributed by atoms with Crippen molar-refractivity contribution in [2.24, 2.45) is 0 Å². The minimum Gasteiger partial charge on any atom is -0.493 e. The Hall–Kier alpha value is -2.67. The summed E-state index contributed by atoms with van der Waals surface area (Å²) in [6, 6.07) is 7.84. The molecule has 0 fully saturated rings. The van der Waals surface area contributed by atoms with Crippen molar-refractivity contribution in [2.45, 2.75) is 27.2 Å². The summed E-state index contributed by atoms with van der Waals surface area (Å²) < 4.78 is 5.72. The van der Waals surface area contributed by atoms with Gasteiger partial charge in [-0.15, -0.1) is 11.3 Å². The molecule has 3 aromatic rings. The average Bonchev–Trinajstić information content (AvgIpc) is 2.92. The number of aryl methyl sites for hydroxylation is 3. The minimum absolute atomic E-state index is 0.182. The highest BCUT2D eigenvalue weighted by molar-refractivity contribution is 7.20. The lowest BCUT2D eigenvalue weighted by atomic mass is 10.2. The second-order valence-electron chi connectivity index (χ2n) is 6.11. The number of aromatic amines is 1. The first-order valence-corrected chi connectivity index (χ1v) is 9.25. The number of nitrogens with zero attached hydrogens (tertiary/aromatic N) is 1. The molecule has 0 saturated heterocycles. The van der Waals surface area contributed by atoms with Crippen molar-refractivity contribution >= 4 is 27.5 Å². The maximum Gasteiger partial charge on any atom is 0.261 e. The zero-order chi connectivity index (χ0) is 18.7. The van der Waals surface area contributed by atoms with Crippen LogP contribution in [0.15, 0.2) is 29.1 Å². The van der Waals surface area contributed by atoms with E-state index in [-0.39, 0.29) is 11.5 Å². The molecule has 0 bridgehead atoms. The Morgan fingerprint density at radius 2 is 2.04 bits per heavy atom.